The third kappa shape index (κ3) is 5.82. The van der Waals surface area contributed by atoms with Gasteiger partial charge in [0.2, 0.25) is 0 Å². The Morgan fingerprint density at radius 1 is 1.13 bits per heavy atom. The second kappa shape index (κ2) is 7.57. The van der Waals surface area contributed by atoms with Gasteiger partial charge in [-0.05, 0) is 47.9 Å². The molecular weight excluding hydrogens is 319 g/mol. The third-order valence-corrected chi connectivity index (χ3v) is 4.62. The number of hydrogen-bond acceptors (Lipinski definition) is 2. The highest BCUT2D eigenvalue weighted by Crippen LogP contribution is 2.22. The van der Waals surface area contributed by atoms with E-state index in [9.17, 15) is 0 Å². The highest BCUT2D eigenvalue weighted by Gasteiger charge is 2.07. The minimum Gasteiger partial charge on any atom is -0.363 e. The highest BCUT2D eigenvalue weighted by molar-refractivity contribution is 14.2. The van der Waals surface area contributed by atoms with E-state index in [0.717, 1.165) is 0 Å². The van der Waals surface area contributed by atoms with Crippen molar-refractivity contribution in [1.82, 2.24) is 9.29 Å². The van der Waals surface area contributed by atoms with Crippen molar-refractivity contribution in [2.24, 2.45) is 0 Å². The number of aromatic nitrogens is 1. The lowest BCUT2D eigenvalue weighted by Gasteiger charge is -2.21. The summed E-state index contributed by atoms with van der Waals surface area (Å²) in [6.07, 6.45) is 4.24. The summed E-state index contributed by atoms with van der Waals surface area (Å²) in [6, 6.07) is 4.13. The lowest BCUT2D eigenvalue weighted by molar-refractivity contribution is 0.384. The molecule has 0 bridgehead atoms. The van der Waals surface area contributed by atoms with Crippen molar-refractivity contribution >= 4 is 30.3 Å². The Balaban J connectivity index is 0.000000151. The molecule has 0 spiro atoms. The van der Waals surface area contributed by atoms with Crippen LogP contribution in [0.3, 0.4) is 0 Å². The van der Waals surface area contributed by atoms with Crippen molar-refractivity contribution in [2.75, 3.05) is 13.1 Å². The van der Waals surface area contributed by atoms with Gasteiger partial charge < -0.3 is 4.98 Å². The van der Waals surface area contributed by atoms with Crippen LogP contribution in [0.2, 0.25) is 0 Å². The fraction of sp³-hybridized carbons (Fsp3) is 0.636. The SMILES string of the molecule is Cc1ccc(C)[nH]1.ISN1CCCCC1. The van der Waals surface area contributed by atoms with Gasteiger partial charge in [0.05, 0.1) is 0 Å². The predicted molar refractivity (Wildman–Crippen MR) is 77.3 cm³/mol. The van der Waals surface area contributed by atoms with E-state index in [1.165, 1.54) is 43.7 Å². The van der Waals surface area contributed by atoms with E-state index < -0.39 is 0 Å². The first-order chi connectivity index (χ1) is 7.22. The van der Waals surface area contributed by atoms with Gasteiger partial charge in [0, 0.05) is 45.7 Å². The normalized spacial score (nSPS) is 17.0. The summed E-state index contributed by atoms with van der Waals surface area (Å²) < 4.78 is 2.42. The van der Waals surface area contributed by atoms with Crippen molar-refractivity contribution in [3.63, 3.8) is 0 Å². The molecule has 86 valence electrons. The lowest BCUT2D eigenvalue weighted by atomic mass is 10.2. The van der Waals surface area contributed by atoms with Crippen LogP contribution in [0.5, 0.6) is 0 Å². The first-order valence-corrected chi connectivity index (χ1v) is 8.70. The Bertz CT molecular complexity index is 253. The zero-order valence-electron chi connectivity index (χ0n) is 9.42. The van der Waals surface area contributed by atoms with Gasteiger partial charge in [0.25, 0.3) is 0 Å². The van der Waals surface area contributed by atoms with Crippen LogP contribution in [0.15, 0.2) is 12.1 Å². The maximum atomic E-state index is 3.14. The number of piperidine rings is 1. The topological polar surface area (TPSA) is 19.0 Å². The van der Waals surface area contributed by atoms with Gasteiger partial charge in [-0.15, -0.1) is 0 Å². The molecule has 2 nitrogen and oxygen atoms in total. The summed E-state index contributed by atoms with van der Waals surface area (Å²) in [5.41, 5.74) is 2.47. The molecule has 0 atom stereocenters. The second-order valence-corrected chi connectivity index (χ2v) is 5.72. The molecule has 2 rings (SSSR count). The van der Waals surface area contributed by atoms with Crippen LogP contribution in [0.4, 0.5) is 0 Å². The first kappa shape index (κ1) is 13.4. The summed E-state index contributed by atoms with van der Waals surface area (Å²) in [6.45, 7) is 6.70. The standard InChI is InChI=1S/C6H9N.C5H10INS/c1-5-3-4-6(2)7-5;6-8-7-4-2-1-3-5-7/h3-4,7H,1-2H3;1-5H2. The Morgan fingerprint density at radius 2 is 1.67 bits per heavy atom. The Kier molecular flexibility index (Phi) is 6.76. The number of aryl methyl sites for hydroxylation is 2. The van der Waals surface area contributed by atoms with Crippen LogP contribution < -0.4 is 0 Å². The van der Waals surface area contributed by atoms with Crippen LogP contribution in [0.25, 0.3) is 0 Å². The van der Waals surface area contributed by atoms with Crippen LogP contribution in [-0.2, 0) is 0 Å². The first-order valence-electron chi connectivity index (χ1n) is 5.38. The van der Waals surface area contributed by atoms with Crippen LogP contribution in [0.1, 0.15) is 30.7 Å². The van der Waals surface area contributed by atoms with Crippen LogP contribution >= 0.6 is 30.3 Å². The van der Waals surface area contributed by atoms with Gasteiger partial charge in [-0.25, -0.2) is 4.31 Å². The quantitative estimate of drug-likeness (QED) is 0.614. The summed E-state index contributed by atoms with van der Waals surface area (Å²) in [5.74, 6) is 0. The highest BCUT2D eigenvalue weighted by atomic mass is 127. The van der Waals surface area contributed by atoms with Crippen molar-refractivity contribution in [3.05, 3.63) is 23.5 Å². The molecule has 1 saturated heterocycles. The molecule has 0 saturated carbocycles. The van der Waals surface area contributed by atoms with Gasteiger partial charge >= 0.3 is 0 Å². The van der Waals surface area contributed by atoms with E-state index in [1.807, 2.05) is 23.0 Å². The average molecular weight is 338 g/mol. The summed E-state index contributed by atoms with van der Waals surface area (Å²) in [4.78, 5) is 3.14. The van der Waals surface area contributed by atoms with E-state index in [0.29, 0.717) is 0 Å². The number of hydrogen-bond donors (Lipinski definition) is 1. The monoisotopic (exact) mass is 338 g/mol. The van der Waals surface area contributed by atoms with Crippen molar-refractivity contribution in [1.29, 1.82) is 0 Å². The fourth-order valence-electron chi connectivity index (χ4n) is 1.58. The number of aromatic amines is 1. The van der Waals surface area contributed by atoms with Crippen LogP contribution in [-0.4, -0.2) is 22.4 Å². The summed E-state index contributed by atoms with van der Waals surface area (Å²) >= 11 is 2.35. The number of rotatable bonds is 1. The number of nitrogens with zero attached hydrogens (tertiary/aromatic N) is 1. The molecule has 1 fully saturated rings. The van der Waals surface area contributed by atoms with Gasteiger partial charge in [-0.3, -0.25) is 0 Å². The van der Waals surface area contributed by atoms with Crippen molar-refractivity contribution in [2.45, 2.75) is 33.1 Å². The molecule has 0 amide bonds. The average Bonchev–Trinajstić information content (AvgIpc) is 2.65. The molecule has 15 heavy (non-hydrogen) atoms. The zero-order valence-corrected chi connectivity index (χ0v) is 12.4. The van der Waals surface area contributed by atoms with E-state index in [1.54, 1.807) is 0 Å². The molecule has 1 aromatic heterocycles. The maximum absolute atomic E-state index is 3.14. The van der Waals surface area contributed by atoms with Gasteiger partial charge in [-0.2, -0.15) is 0 Å². The Labute approximate surface area is 109 Å². The molecule has 0 radical (unpaired) electrons. The Hall–Kier alpha value is 0.320. The molecule has 1 aliphatic heterocycles. The minimum absolute atomic E-state index is 1.23. The van der Waals surface area contributed by atoms with E-state index in [4.69, 9.17) is 0 Å². The maximum Gasteiger partial charge on any atom is 0.0146 e. The molecule has 0 aromatic carbocycles. The van der Waals surface area contributed by atoms with Crippen LogP contribution in [0, 0.1) is 13.8 Å². The third-order valence-electron chi connectivity index (χ3n) is 2.39. The number of nitrogens with one attached hydrogen (secondary N) is 1. The van der Waals surface area contributed by atoms with E-state index in [2.05, 4.69) is 42.6 Å². The van der Waals surface area contributed by atoms with Gasteiger partial charge in [-0.1, -0.05) is 6.42 Å². The molecule has 4 heteroatoms. The number of H-pyrrole nitrogens is 1. The van der Waals surface area contributed by atoms with Crippen molar-refractivity contribution < 1.29 is 0 Å². The molecule has 1 N–H and O–H groups in total. The largest absolute Gasteiger partial charge is 0.363 e. The summed E-state index contributed by atoms with van der Waals surface area (Å²) in [5, 5.41) is 0. The molecule has 0 unspecified atom stereocenters. The smallest absolute Gasteiger partial charge is 0.0146 e. The van der Waals surface area contributed by atoms with E-state index in [-0.39, 0.29) is 0 Å². The second-order valence-electron chi connectivity index (χ2n) is 3.88. The molecule has 1 aromatic rings. The summed E-state index contributed by atoms with van der Waals surface area (Å²) in [7, 11) is 1.85. The lowest BCUT2D eigenvalue weighted by Crippen LogP contribution is -2.21. The molecule has 2 heterocycles. The Morgan fingerprint density at radius 3 is 1.93 bits per heavy atom. The predicted octanol–water partition coefficient (Wildman–Crippen LogP) is 4.10. The van der Waals surface area contributed by atoms with E-state index >= 15 is 0 Å². The zero-order chi connectivity index (χ0) is 11.1. The number of halogens is 1. The minimum atomic E-state index is 1.23. The fourth-order valence-corrected chi connectivity index (χ4v) is 3.16. The van der Waals surface area contributed by atoms with Gasteiger partial charge in [0.15, 0.2) is 0 Å². The molecule has 1 aliphatic rings. The van der Waals surface area contributed by atoms with Crippen molar-refractivity contribution in [3.8, 4) is 0 Å². The molecule has 0 aliphatic carbocycles. The molecular formula is C11H19IN2S. The van der Waals surface area contributed by atoms with Gasteiger partial charge in [0.1, 0.15) is 0 Å².